The van der Waals surface area contributed by atoms with Crippen LogP contribution in [-0.4, -0.2) is 24.5 Å². The van der Waals surface area contributed by atoms with Crippen LogP contribution in [0.5, 0.6) is 0 Å². The van der Waals surface area contributed by atoms with Crippen molar-refractivity contribution in [3.05, 3.63) is 0 Å². The van der Waals surface area contributed by atoms with Crippen LogP contribution in [0.4, 0.5) is 0 Å². The first-order chi connectivity index (χ1) is 3.71. The number of carbonyl (C=O) groups excluding carboxylic acids is 1. The van der Waals surface area contributed by atoms with Gasteiger partial charge in [-0.1, -0.05) is 0 Å². The van der Waals surface area contributed by atoms with Crippen LogP contribution in [0.15, 0.2) is 0 Å². The molecule has 1 saturated heterocycles. The van der Waals surface area contributed by atoms with E-state index in [9.17, 15) is 4.79 Å². The summed E-state index contributed by atoms with van der Waals surface area (Å²) >= 11 is 0. The molecule has 0 unspecified atom stereocenters. The third-order valence-electron chi connectivity index (χ3n) is 1.46. The predicted octanol–water partition coefficient (Wildman–Crippen LogP) is -0.697. The Morgan fingerprint density at radius 2 is 2.50 bits per heavy atom. The maximum absolute atomic E-state index is 10.6. The van der Waals surface area contributed by atoms with Crippen molar-refractivity contribution in [3.8, 4) is 0 Å². The monoisotopic (exact) mass is 115 g/mol. The number of Topliss-reactive ketones (excluding diaryl/α,β-unsaturated/α-hetero) is 1. The molecule has 3 nitrogen and oxygen atoms in total. The molecule has 1 fully saturated rings. The highest BCUT2D eigenvalue weighted by atomic mass is 16.6. The van der Waals surface area contributed by atoms with Crippen molar-refractivity contribution in [1.82, 2.24) is 0 Å². The standard InChI is InChI=1S/C5H9NO2/c1-4(7)5(2-6)3-8-5/h2-3,6H2,1H3/t5-/m0/s1. The highest BCUT2D eigenvalue weighted by molar-refractivity contribution is 5.87. The van der Waals surface area contributed by atoms with Crippen molar-refractivity contribution >= 4 is 5.78 Å². The predicted molar refractivity (Wildman–Crippen MR) is 28.4 cm³/mol. The second-order valence-electron chi connectivity index (χ2n) is 2.04. The molecule has 8 heavy (non-hydrogen) atoms. The topological polar surface area (TPSA) is 55.6 Å². The number of nitrogens with two attached hydrogens (primary N) is 1. The van der Waals surface area contributed by atoms with E-state index in [1.165, 1.54) is 6.92 Å². The van der Waals surface area contributed by atoms with Gasteiger partial charge < -0.3 is 10.5 Å². The van der Waals surface area contributed by atoms with E-state index >= 15 is 0 Å². The van der Waals surface area contributed by atoms with Crippen LogP contribution >= 0.6 is 0 Å². The zero-order chi connectivity index (χ0) is 6.20. The van der Waals surface area contributed by atoms with Gasteiger partial charge in [-0.25, -0.2) is 0 Å². The fourth-order valence-corrected chi connectivity index (χ4v) is 0.552. The Labute approximate surface area is 47.8 Å². The van der Waals surface area contributed by atoms with Gasteiger partial charge in [0, 0.05) is 6.54 Å². The van der Waals surface area contributed by atoms with Crippen LogP contribution in [-0.2, 0) is 9.53 Å². The van der Waals surface area contributed by atoms with Crippen molar-refractivity contribution in [2.24, 2.45) is 5.73 Å². The molecule has 1 aliphatic rings. The summed E-state index contributed by atoms with van der Waals surface area (Å²) in [6.07, 6.45) is 0. The van der Waals surface area contributed by atoms with E-state index in [4.69, 9.17) is 10.5 Å². The van der Waals surface area contributed by atoms with Crippen LogP contribution in [0.25, 0.3) is 0 Å². The first-order valence-electron chi connectivity index (χ1n) is 2.56. The molecule has 0 aromatic rings. The molecule has 0 aromatic carbocycles. The second kappa shape index (κ2) is 1.53. The molecule has 0 spiro atoms. The molecule has 0 radical (unpaired) electrons. The lowest BCUT2D eigenvalue weighted by atomic mass is 10.1. The van der Waals surface area contributed by atoms with E-state index in [0.717, 1.165) is 0 Å². The molecule has 2 N–H and O–H groups in total. The smallest absolute Gasteiger partial charge is 0.165 e. The molecule has 1 aliphatic heterocycles. The van der Waals surface area contributed by atoms with Crippen molar-refractivity contribution in [2.75, 3.05) is 13.2 Å². The number of hydrogen-bond acceptors (Lipinski definition) is 3. The van der Waals surface area contributed by atoms with E-state index in [1.54, 1.807) is 0 Å². The Hall–Kier alpha value is -0.410. The molecule has 0 bridgehead atoms. The summed E-state index contributed by atoms with van der Waals surface area (Å²) < 4.78 is 4.83. The zero-order valence-electron chi connectivity index (χ0n) is 4.81. The summed E-state index contributed by atoms with van der Waals surface area (Å²) in [6.45, 7) is 2.33. The molecule has 0 amide bonds. The normalized spacial score (nSPS) is 34.8. The van der Waals surface area contributed by atoms with Gasteiger partial charge in [0.15, 0.2) is 11.4 Å². The Morgan fingerprint density at radius 1 is 2.00 bits per heavy atom. The van der Waals surface area contributed by atoms with Gasteiger partial charge in [-0.05, 0) is 6.92 Å². The molecular formula is C5H9NO2. The third kappa shape index (κ3) is 0.638. The first-order valence-corrected chi connectivity index (χ1v) is 2.56. The van der Waals surface area contributed by atoms with Crippen molar-refractivity contribution in [3.63, 3.8) is 0 Å². The van der Waals surface area contributed by atoms with Gasteiger partial charge in [0.05, 0.1) is 6.61 Å². The highest BCUT2D eigenvalue weighted by Gasteiger charge is 2.48. The number of ketones is 1. The SMILES string of the molecule is CC(=O)[C@]1(CN)CO1. The lowest BCUT2D eigenvalue weighted by Gasteiger charge is -1.99. The van der Waals surface area contributed by atoms with Crippen LogP contribution in [0.2, 0.25) is 0 Å². The maximum atomic E-state index is 10.6. The van der Waals surface area contributed by atoms with E-state index in [0.29, 0.717) is 13.2 Å². The fourth-order valence-electron chi connectivity index (χ4n) is 0.552. The lowest BCUT2D eigenvalue weighted by molar-refractivity contribution is -0.121. The number of rotatable bonds is 2. The first kappa shape index (κ1) is 5.72. The van der Waals surface area contributed by atoms with Crippen molar-refractivity contribution in [2.45, 2.75) is 12.5 Å². The van der Waals surface area contributed by atoms with Gasteiger partial charge in [0.25, 0.3) is 0 Å². The largest absolute Gasteiger partial charge is 0.360 e. The molecule has 0 aliphatic carbocycles. The summed E-state index contributed by atoms with van der Waals surface area (Å²) in [5.74, 6) is 0.0417. The molecule has 46 valence electrons. The van der Waals surface area contributed by atoms with E-state index in [-0.39, 0.29) is 5.78 Å². The maximum Gasteiger partial charge on any atom is 0.165 e. The average Bonchev–Trinajstić information content (AvgIpc) is 2.44. The minimum Gasteiger partial charge on any atom is -0.360 e. The average molecular weight is 115 g/mol. The summed E-state index contributed by atoms with van der Waals surface area (Å²) in [7, 11) is 0. The fraction of sp³-hybridized carbons (Fsp3) is 0.800. The molecule has 1 heterocycles. The van der Waals surface area contributed by atoms with Crippen LogP contribution in [0.1, 0.15) is 6.92 Å². The molecule has 0 saturated carbocycles. The number of epoxide rings is 1. The summed E-state index contributed by atoms with van der Waals surface area (Å²) in [5, 5.41) is 0. The number of ether oxygens (including phenoxy) is 1. The molecule has 0 aromatic heterocycles. The van der Waals surface area contributed by atoms with E-state index in [1.807, 2.05) is 0 Å². The minimum atomic E-state index is -0.569. The summed E-state index contributed by atoms with van der Waals surface area (Å²) in [4.78, 5) is 10.6. The Bertz CT molecular complexity index is 118. The van der Waals surface area contributed by atoms with E-state index < -0.39 is 5.60 Å². The van der Waals surface area contributed by atoms with Gasteiger partial charge in [0.1, 0.15) is 0 Å². The summed E-state index contributed by atoms with van der Waals surface area (Å²) in [5.41, 5.74) is 4.65. The molecular weight excluding hydrogens is 106 g/mol. The molecule has 1 atom stereocenters. The Morgan fingerprint density at radius 3 is 2.50 bits per heavy atom. The Balaban J connectivity index is 2.53. The number of hydrogen-bond donors (Lipinski definition) is 1. The van der Waals surface area contributed by atoms with Crippen LogP contribution < -0.4 is 5.73 Å². The van der Waals surface area contributed by atoms with Gasteiger partial charge in [-0.3, -0.25) is 4.79 Å². The van der Waals surface area contributed by atoms with Gasteiger partial charge >= 0.3 is 0 Å². The number of carbonyl (C=O) groups is 1. The van der Waals surface area contributed by atoms with E-state index in [2.05, 4.69) is 0 Å². The summed E-state index contributed by atoms with van der Waals surface area (Å²) in [6, 6.07) is 0. The Kier molecular flexibility index (Phi) is 1.10. The minimum absolute atomic E-state index is 0.0417. The third-order valence-corrected chi connectivity index (χ3v) is 1.46. The lowest BCUT2D eigenvalue weighted by Crippen LogP contribution is -2.31. The highest BCUT2D eigenvalue weighted by Crippen LogP contribution is 2.25. The zero-order valence-corrected chi connectivity index (χ0v) is 4.81. The van der Waals surface area contributed by atoms with Gasteiger partial charge in [-0.2, -0.15) is 0 Å². The van der Waals surface area contributed by atoms with Gasteiger partial charge in [-0.15, -0.1) is 0 Å². The molecule has 3 heteroatoms. The van der Waals surface area contributed by atoms with Crippen molar-refractivity contribution in [1.29, 1.82) is 0 Å². The van der Waals surface area contributed by atoms with Crippen molar-refractivity contribution < 1.29 is 9.53 Å². The quantitative estimate of drug-likeness (QED) is 0.484. The van der Waals surface area contributed by atoms with Crippen LogP contribution in [0.3, 0.4) is 0 Å². The molecule has 1 rings (SSSR count). The second-order valence-corrected chi connectivity index (χ2v) is 2.04. The van der Waals surface area contributed by atoms with Gasteiger partial charge in [0.2, 0.25) is 0 Å². The van der Waals surface area contributed by atoms with Crippen LogP contribution in [0, 0.1) is 0 Å².